The normalized spacial score (nSPS) is 13.3. The largest absolute Gasteiger partial charge is 0.491 e. The highest BCUT2D eigenvalue weighted by molar-refractivity contribution is 7.92. The Kier molecular flexibility index (Phi) is 10.4. The van der Waals surface area contributed by atoms with Gasteiger partial charge >= 0.3 is 0 Å². The second-order valence-electron chi connectivity index (χ2n) is 8.64. The Morgan fingerprint density at radius 3 is 2.03 bits per heavy atom. The van der Waals surface area contributed by atoms with Crippen LogP contribution in [0.1, 0.15) is 17.0 Å². The molecule has 0 saturated carbocycles. The number of ether oxygens (including phenoxy) is 1. The third-order valence-corrected chi connectivity index (χ3v) is 6.88. The molecule has 0 bridgehead atoms. The summed E-state index contributed by atoms with van der Waals surface area (Å²) in [5, 5.41) is 13.5. The van der Waals surface area contributed by atoms with Gasteiger partial charge in [-0.2, -0.15) is 0 Å². The molecule has 2 atom stereocenters. The minimum absolute atomic E-state index is 0.0413. The van der Waals surface area contributed by atoms with Crippen molar-refractivity contribution in [3.63, 3.8) is 0 Å². The molecule has 0 aromatic heterocycles. The van der Waals surface area contributed by atoms with Crippen molar-refractivity contribution in [2.75, 3.05) is 30.7 Å². The number of anilines is 1. The van der Waals surface area contributed by atoms with E-state index in [2.05, 4.69) is 10.0 Å². The van der Waals surface area contributed by atoms with Crippen molar-refractivity contribution in [3.8, 4) is 5.75 Å². The Labute approximate surface area is 231 Å². The first-order valence-electron chi connectivity index (χ1n) is 11.3. The van der Waals surface area contributed by atoms with Crippen LogP contribution in [-0.2, 0) is 16.4 Å². The van der Waals surface area contributed by atoms with Crippen LogP contribution in [-0.4, -0.2) is 45.6 Å². The van der Waals surface area contributed by atoms with E-state index in [9.17, 15) is 35.5 Å². The summed E-state index contributed by atoms with van der Waals surface area (Å²) in [7, 11) is -3.44. The van der Waals surface area contributed by atoms with Crippen molar-refractivity contribution in [1.82, 2.24) is 5.32 Å². The number of hydrogen-bond acceptors (Lipinski definition) is 5. The average Bonchev–Trinajstić information content (AvgIpc) is 2.88. The minimum Gasteiger partial charge on any atom is -0.491 e. The lowest BCUT2D eigenvalue weighted by molar-refractivity contribution is 0.106. The molecule has 39 heavy (non-hydrogen) atoms. The molecule has 14 heteroatoms. The predicted octanol–water partition coefficient (Wildman–Crippen LogP) is 5.42. The molecule has 0 radical (unpaired) electrons. The fraction of sp³-hybridized carbons (Fsp3) is 0.280. The lowest BCUT2D eigenvalue weighted by atomic mass is 9.91. The van der Waals surface area contributed by atoms with Crippen LogP contribution < -0.4 is 14.8 Å². The van der Waals surface area contributed by atoms with Crippen molar-refractivity contribution in [2.45, 2.75) is 18.4 Å². The van der Waals surface area contributed by atoms with Crippen LogP contribution in [0.15, 0.2) is 42.5 Å². The number of hydrogen-bond donors (Lipinski definition) is 3. The lowest BCUT2D eigenvalue weighted by Crippen LogP contribution is -2.34. The predicted molar refractivity (Wildman–Crippen MR) is 138 cm³/mol. The first kappa shape index (κ1) is 30.9. The zero-order valence-corrected chi connectivity index (χ0v) is 22.6. The van der Waals surface area contributed by atoms with Gasteiger partial charge in [-0.05, 0) is 48.4 Å². The molecule has 212 valence electrons. The standard InChI is InChI=1S/C25H23Cl2F5N2O4S/c1-39(36,37)34-15-3-5-17(6-4-15)38-12-16(35)11-33-10-14(13-2-7-19(26)20(27)9-13)8-18-21(28)23(30)25(32)24(31)22(18)29/h2-7,9,14,16,33-35H,8,10-12H2,1H3. The summed E-state index contributed by atoms with van der Waals surface area (Å²) in [6.07, 6.45) is -0.615. The van der Waals surface area contributed by atoms with Gasteiger partial charge in [0.2, 0.25) is 15.8 Å². The van der Waals surface area contributed by atoms with Crippen LogP contribution in [0.3, 0.4) is 0 Å². The van der Waals surface area contributed by atoms with E-state index in [4.69, 9.17) is 27.9 Å². The zero-order valence-electron chi connectivity index (χ0n) is 20.3. The summed E-state index contributed by atoms with van der Waals surface area (Å²) in [5.41, 5.74) is -0.245. The SMILES string of the molecule is CS(=O)(=O)Nc1ccc(OCC(O)CNCC(Cc2c(F)c(F)c(F)c(F)c2F)c2ccc(Cl)c(Cl)c2)cc1. The number of benzene rings is 3. The van der Waals surface area contributed by atoms with E-state index in [1.165, 1.54) is 42.5 Å². The summed E-state index contributed by atoms with van der Waals surface area (Å²) >= 11 is 12.0. The van der Waals surface area contributed by atoms with Gasteiger partial charge in [-0.25, -0.2) is 30.4 Å². The van der Waals surface area contributed by atoms with Crippen molar-refractivity contribution in [1.29, 1.82) is 0 Å². The molecule has 3 aromatic carbocycles. The van der Waals surface area contributed by atoms with Crippen LogP contribution in [0.25, 0.3) is 0 Å². The third kappa shape index (κ3) is 8.42. The summed E-state index contributed by atoms with van der Waals surface area (Å²) in [6, 6.07) is 10.3. The molecule has 0 aliphatic rings. The molecule has 0 aliphatic heterocycles. The molecule has 0 heterocycles. The number of aliphatic hydroxyl groups excluding tert-OH is 1. The molecular formula is C25H23Cl2F5N2O4S. The van der Waals surface area contributed by atoms with Gasteiger partial charge in [0, 0.05) is 30.3 Å². The van der Waals surface area contributed by atoms with Crippen LogP contribution in [0.4, 0.5) is 27.6 Å². The molecule has 6 nitrogen and oxygen atoms in total. The first-order chi connectivity index (χ1) is 18.3. The second kappa shape index (κ2) is 13.1. The lowest BCUT2D eigenvalue weighted by Gasteiger charge is -2.21. The van der Waals surface area contributed by atoms with Crippen molar-refractivity contribution in [2.24, 2.45) is 0 Å². The average molecular weight is 613 g/mol. The van der Waals surface area contributed by atoms with Crippen molar-refractivity contribution < 1.29 is 40.2 Å². The van der Waals surface area contributed by atoms with Crippen LogP contribution in [0.5, 0.6) is 5.75 Å². The van der Waals surface area contributed by atoms with Gasteiger partial charge in [-0.3, -0.25) is 4.72 Å². The van der Waals surface area contributed by atoms with Crippen molar-refractivity contribution >= 4 is 38.9 Å². The fourth-order valence-corrected chi connectivity index (χ4v) is 4.53. The van der Waals surface area contributed by atoms with Crippen LogP contribution >= 0.6 is 23.2 Å². The molecule has 0 aliphatic carbocycles. The molecular weight excluding hydrogens is 590 g/mol. The summed E-state index contributed by atoms with van der Waals surface area (Å²) in [4.78, 5) is 0. The maximum Gasteiger partial charge on any atom is 0.229 e. The monoisotopic (exact) mass is 612 g/mol. The topological polar surface area (TPSA) is 87.7 Å². The highest BCUT2D eigenvalue weighted by Gasteiger charge is 2.28. The zero-order chi connectivity index (χ0) is 28.9. The van der Waals surface area contributed by atoms with Gasteiger partial charge in [0.05, 0.1) is 16.3 Å². The van der Waals surface area contributed by atoms with Crippen LogP contribution in [0.2, 0.25) is 10.0 Å². The summed E-state index contributed by atoms with van der Waals surface area (Å²) in [5.74, 6) is -10.7. The first-order valence-corrected chi connectivity index (χ1v) is 14.0. The van der Waals surface area contributed by atoms with Gasteiger partial charge in [0.15, 0.2) is 23.3 Å². The molecule has 0 spiro atoms. The van der Waals surface area contributed by atoms with E-state index in [0.717, 1.165) is 6.26 Å². The number of aliphatic hydroxyl groups is 1. The van der Waals surface area contributed by atoms with E-state index in [0.29, 0.717) is 17.0 Å². The summed E-state index contributed by atoms with van der Waals surface area (Å²) < 4.78 is 100. The highest BCUT2D eigenvalue weighted by atomic mass is 35.5. The Morgan fingerprint density at radius 2 is 1.46 bits per heavy atom. The maximum absolute atomic E-state index is 14.4. The maximum atomic E-state index is 14.4. The van der Waals surface area contributed by atoms with E-state index in [1.807, 2.05) is 0 Å². The van der Waals surface area contributed by atoms with Gasteiger partial charge in [0.1, 0.15) is 18.5 Å². The molecule has 0 fully saturated rings. The Hall–Kier alpha value is -2.64. The van der Waals surface area contributed by atoms with Gasteiger partial charge in [-0.1, -0.05) is 29.3 Å². The van der Waals surface area contributed by atoms with E-state index < -0.39 is 63.1 Å². The Morgan fingerprint density at radius 1 is 0.872 bits per heavy atom. The van der Waals surface area contributed by atoms with Gasteiger partial charge in [-0.15, -0.1) is 0 Å². The molecule has 3 aromatic rings. The number of halogens is 7. The van der Waals surface area contributed by atoms with E-state index in [-0.39, 0.29) is 29.7 Å². The molecule has 2 unspecified atom stereocenters. The highest BCUT2D eigenvalue weighted by Crippen LogP contribution is 2.31. The fourth-order valence-electron chi connectivity index (χ4n) is 3.66. The third-order valence-electron chi connectivity index (χ3n) is 5.54. The number of nitrogens with one attached hydrogen (secondary N) is 2. The van der Waals surface area contributed by atoms with Crippen molar-refractivity contribution in [3.05, 3.63) is 92.7 Å². The molecule has 0 saturated heterocycles. The van der Waals surface area contributed by atoms with E-state index >= 15 is 0 Å². The minimum atomic E-state index is -3.44. The quantitative estimate of drug-likeness (QED) is 0.144. The number of sulfonamides is 1. The van der Waals surface area contributed by atoms with Crippen LogP contribution in [0, 0.1) is 29.1 Å². The Bertz CT molecular complexity index is 1400. The molecule has 0 amide bonds. The molecule has 3 rings (SSSR count). The smallest absolute Gasteiger partial charge is 0.229 e. The van der Waals surface area contributed by atoms with E-state index in [1.54, 1.807) is 0 Å². The summed E-state index contributed by atoms with van der Waals surface area (Å²) in [6.45, 7) is -0.260. The Balaban J connectivity index is 1.66. The van der Waals surface area contributed by atoms with Gasteiger partial charge < -0.3 is 15.2 Å². The second-order valence-corrected chi connectivity index (χ2v) is 11.2. The van der Waals surface area contributed by atoms with Gasteiger partial charge in [0.25, 0.3) is 0 Å². The molecule has 3 N–H and O–H groups in total. The number of rotatable bonds is 12.